The second-order valence-electron chi connectivity index (χ2n) is 3.54. The highest BCUT2D eigenvalue weighted by atomic mass is 19.4. The number of anilines is 1. The third-order valence-corrected chi connectivity index (χ3v) is 1.96. The lowest BCUT2D eigenvalue weighted by molar-refractivity contribution is -0.113. The van der Waals surface area contributed by atoms with Crippen LogP contribution in [0.1, 0.15) is 12.5 Å². The molecule has 6 heteroatoms. The fraction of sp³-hybridized carbons (Fsp3) is 0.273. The van der Waals surface area contributed by atoms with Gasteiger partial charge in [-0.3, -0.25) is 4.79 Å². The molecule has 1 aromatic rings. The van der Waals surface area contributed by atoms with E-state index in [2.05, 4.69) is 10.3 Å². The number of allylic oxidation sites excluding steroid dienone is 1. The van der Waals surface area contributed by atoms with Gasteiger partial charge in [-0.25, -0.2) is 4.98 Å². The molecule has 0 radical (unpaired) electrons. The minimum Gasteiger partial charge on any atom is -0.307 e. The zero-order valence-corrected chi connectivity index (χ0v) is 9.30. The summed E-state index contributed by atoms with van der Waals surface area (Å²) in [6, 6.07) is 3.22. The molecule has 1 amide bonds. The van der Waals surface area contributed by atoms with Crippen molar-refractivity contribution in [2.24, 2.45) is 0 Å². The Morgan fingerprint density at radius 2 is 2.06 bits per heavy atom. The summed E-state index contributed by atoms with van der Waals surface area (Å²) < 4.78 is 36.4. The van der Waals surface area contributed by atoms with Gasteiger partial charge < -0.3 is 5.32 Å². The molecule has 0 aliphatic rings. The first kappa shape index (κ1) is 13.2. The van der Waals surface area contributed by atoms with Crippen molar-refractivity contribution in [3.8, 4) is 0 Å². The van der Waals surface area contributed by atoms with Gasteiger partial charge in [-0.15, -0.1) is 0 Å². The summed E-state index contributed by atoms with van der Waals surface area (Å²) in [5, 5.41) is 2.25. The SMILES string of the molecule is C/C(=C\C(=O)Nc1ccc(C)cn1)C(F)(F)F. The van der Waals surface area contributed by atoms with Crippen LogP contribution in [0.2, 0.25) is 0 Å². The van der Waals surface area contributed by atoms with Crippen LogP contribution in [0.5, 0.6) is 0 Å². The third kappa shape index (κ3) is 4.26. The molecule has 17 heavy (non-hydrogen) atoms. The predicted octanol–water partition coefficient (Wildman–Crippen LogP) is 2.84. The van der Waals surface area contributed by atoms with Gasteiger partial charge in [-0.2, -0.15) is 13.2 Å². The summed E-state index contributed by atoms with van der Waals surface area (Å²) in [4.78, 5) is 15.1. The number of nitrogens with one attached hydrogen (secondary N) is 1. The molecule has 0 spiro atoms. The van der Waals surface area contributed by atoms with Crippen LogP contribution in [0.25, 0.3) is 0 Å². The standard InChI is InChI=1S/C11H11F3N2O/c1-7-3-4-9(15-6-7)16-10(17)5-8(2)11(12,13)14/h3-6H,1-2H3,(H,15,16,17)/b8-5+. The Bertz CT molecular complexity index is 435. The van der Waals surface area contributed by atoms with Gasteiger partial charge in [-0.05, 0) is 25.5 Å². The van der Waals surface area contributed by atoms with Gasteiger partial charge in [0.15, 0.2) is 0 Å². The summed E-state index contributed by atoms with van der Waals surface area (Å²) in [7, 11) is 0. The summed E-state index contributed by atoms with van der Waals surface area (Å²) in [5.41, 5.74) is -0.0628. The van der Waals surface area contributed by atoms with Gasteiger partial charge in [0, 0.05) is 17.8 Å². The van der Waals surface area contributed by atoms with Crippen molar-refractivity contribution in [1.29, 1.82) is 0 Å². The largest absolute Gasteiger partial charge is 0.412 e. The number of carbonyl (C=O) groups excluding carboxylic acids is 1. The maximum Gasteiger partial charge on any atom is 0.412 e. The number of rotatable bonds is 2. The van der Waals surface area contributed by atoms with E-state index in [0.717, 1.165) is 12.5 Å². The Morgan fingerprint density at radius 3 is 2.53 bits per heavy atom. The van der Waals surface area contributed by atoms with Crippen LogP contribution >= 0.6 is 0 Å². The first-order chi connectivity index (χ1) is 7.79. The minimum atomic E-state index is -4.49. The summed E-state index contributed by atoms with van der Waals surface area (Å²) in [5.74, 6) is -0.636. The minimum absolute atomic E-state index is 0.215. The van der Waals surface area contributed by atoms with Crippen molar-refractivity contribution >= 4 is 11.7 Å². The van der Waals surface area contributed by atoms with Crippen LogP contribution in [-0.4, -0.2) is 17.1 Å². The third-order valence-electron chi connectivity index (χ3n) is 1.96. The van der Waals surface area contributed by atoms with E-state index < -0.39 is 17.7 Å². The van der Waals surface area contributed by atoms with Gasteiger partial charge >= 0.3 is 6.18 Å². The topological polar surface area (TPSA) is 42.0 Å². The first-order valence-electron chi connectivity index (χ1n) is 4.78. The van der Waals surface area contributed by atoms with Gasteiger partial charge in [0.25, 0.3) is 0 Å². The van der Waals surface area contributed by atoms with E-state index in [1.807, 2.05) is 6.92 Å². The molecule has 0 aliphatic carbocycles. The maximum absolute atomic E-state index is 12.1. The molecule has 92 valence electrons. The lowest BCUT2D eigenvalue weighted by Crippen LogP contribution is -2.15. The number of hydrogen-bond acceptors (Lipinski definition) is 2. The molecular weight excluding hydrogens is 233 g/mol. The average molecular weight is 244 g/mol. The molecule has 0 bridgehead atoms. The van der Waals surface area contributed by atoms with Crippen LogP contribution in [0.15, 0.2) is 30.0 Å². The second-order valence-corrected chi connectivity index (χ2v) is 3.54. The van der Waals surface area contributed by atoms with E-state index in [1.165, 1.54) is 12.3 Å². The highest BCUT2D eigenvalue weighted by molar-refractivity contribution is 5.99. The number of amides is 1. The van der Waals surface area contributed by atoms with Crippen molar-refractivity contribution in [1.82, 2.24) is 4.98 Å². The van der Waals surface area contributed by atoms with Crippen LogP contribution in [0.3, 0.4) is 0 Å². The number of carbonyl (C=O) groups is 1. The van der Waals surface area contributed by atoms with Gasteiger partial charge in [0.05, 0.1) is 0 Å². The lowest BCUT2D eigenvalue weighted by atomic mass is 10.2. The number of nitrogens with zero attached hydrogens (tertiary/aromatic N) is 1. The van der Waals surface area contributed by atoms with E-state index >= 15 is 0 Å². The van der Waals surface area contributed by atoms with Crippen LogP contribution in [0, 0.1) is 6.92 Å². The average Bonchev–Trinajstić information content (AvgIpc) is 2.20. The Hall–Kier alpha value is -1.85. The zero-order valence-electron chi connectivity index (χ0n) is 9.30. The van der Waals surface area contributed by atoms with Crippen molar-refractivity contribution in [3.05, 3.63) is 35.5 Å². The molecule has 1 heterocycles. The molecule has 0 aromatic carbocycles. The van der Waals surface area contributed by atoms with E-state index in [-0.39, 0.29) is 5.82 Å². The molecule has 0 atom stereocenters. The van der Waals surface area contributed by atoms with E-state index in [0.29, 0.717) is 6.08 Å². The molecular formula is C11H11F3N2O. The van der Waals surface area contributed by atoms with E-state index in [1.54, 1.807) is 6.07 Å². The predicted molar refractivity (Wildman–Crippen MR) is 57.4 cm³/mol. The first-order valence-corrected chi connectivity index (χ1v) is 4.78. The molecule has 0 saturated carbocycles. The van der Waals surface area contributed by atoms with Crippen molar-refractivity contribution in [2.45, 2.75) is 20.0 Å². The van der Waals surface area contributed by atoms with Crippen LogP contribution in [-0.2, 0) is 4.79 Å². The maximum atomic E-state index is 12.1. The molecule has 1 N–H and O–H groups in total. The Kier molecular flexibility index (Phi) is 3.88. The molecule has 1 rings (SSSR count). The molecule has 0 aliphatic heterocycles. The van der Waals surface area contributed by atoms with Crippen molar-refractivity contribution < 1.29 is 18.0 Å². The van der Waals surface area contributed by atoms with Crippen LogP contribution in [0.4, 0.5) is 19.0 Å². The molecule has 3 nitrogen and oxygen atoms in total. The van der Waals surface area contributed by atoms with Gasteiger partial charge in [-0.1, -0.05) is 6.07 Å². The molecule has 0 unspecified atom stereocenters. The van der Waals surface area contributed by atoms with Crippen LogP contribution < -0.4 is 5.32 Å². The molecule has 1 aromatic heterocycles. The summed E-state index contributed by atoms with van der Waals surface area (Å²) in [6.45, 7) is 2.65. The van der Waals surface area contributed by atoms with Crippen molar-refractivity contribution in [3.63, 3.8) is 0 Å². The monoisotopic (exact) mass is 244 g/mol. The van der Waals surface area contributed by atoms with Crippen molar-refractivity contribution in [2.75, 3.05) is 5.32 Å². The number of alkyl halides is 3. The Morgan fingerprint density at radius 1 is 1.41 bits per heavy atom. The number of halogens is 3. The molecule has 0 saturated heterocycles. The highest BCUT2D eigenvalue weighted by Gasteiger charge is 2.30. The number of pyridine rings is 1. The van der Waals surface area contributed by atoms with Gasteiger partial charge in [0.1, 0.15) is 5.82 Å². The fourth-order valence-electron chi connectivity index (χ4n) is 0.983. The summed E-state index contributed by atoms with van der Waals surface area (Å²) >= 11 is 0. The quantitative estimate of drug-likeness (QED) is 0.813. The Labute approximate surface area is 96.4 Å². The summed E-state index contributed by atoms with van der Waals surface area (Å²) in [6.07, 6.45) is -2.48. The van der Waals surface area contributed by atoms with E-state index in [9.17, 15) is 18.0 Å². The fourth-order valence-corrected chi connectivity index (χ4v) is 0.983. The number of aromatic nitrogens is 1. The Balaban J connectivity index is 2.71. The zero-order chi connectivity index (χ0) is 13.1. The number of hydrogen-bond donors (Lipinski definition) is 1. The smallest absolute Gasteiger partial charge is 0.307 e. The number of aryl methyl sites for hydroxylation is 1. The molecule has 0 fully saturated rings. The van der Waals surface area contributed by atoms with Gasteiger partial charge in [0.2, 0.25) is 5.91 Å². The highest BCUT2D eigenvalue weighted by Crippen LogP contribution is 2.24. The lowest BCUT2D eigenvalue weighted by Gasteiger charge is -2.06. The second kappa shape index (κ2) is 4.99. The normalized spacial score (nSPS) is 12.4. The van der Waals surface area contributed by atoms with E-state index in [4.69, 9.17) is 0 Å².